The summed E-state index contributed by atoms with van der Waals surface area (Å²) in [6.07, 6.45) is 0. The zero-order chi connectivity index (χ0) is 42.9. The van der Waals surface area contributed by atoms with E-state index in [-0.39, 0.29) is 22.0 Å². The fourth-order valence-corrected chi connectivity index (χ4v) is 8.06. The molecule has 0 bridgehead atoms. The Morgan fingerprint density at radius 2 is 1.10 bits per heavy atom. The lowest BCUT2D eigenvalue weighted by Crippen LogP contribution is -2.04. The van der Waals surface area contributed by atoms with E-state index in [1.165, 1.54) is 30.3 Å². The molecule has 0 aromatic heterocycles. The number of fused-ring (bicyclic) bond motifs is 1. The lowest BCUT2D eigenvalue weighted by molar-refractivity contribution is -0.384. The molecular weight excluding hydrogens is 833 g/mol. The van der Waals surface area contributed by atoms with Crippen molar-refractivity contribution in [2.75, 3.05) is 17.2 Å². The molecule has 0 amide bonds. The van der Waals surface area contributed by atoms with Crippen molar-refractivity contribution in [2.45, 2.75) is 20.4 Å². The summed E-state index contributed by atoms with van der Waals surface area (Å²) in [5, 5.41) is 44.5. The van der Waals surface area contributed by atoms with Crippen LogP contribution < -0.4 is 17.2 Å². The fourth-order valence-electron chi connectivity index (χ4n) is 5.41. The van der Waals surface area contributed by atoms with E-state index in [4.69, 9.17) is 17.2 Å². The first-order valence-electron chi connectivity index (χ1n) is 16.3. The largest absolute Gasteiger partial charge is 0.744 e. The summed E-state index contributed by atoms with van der Waals surface area (Å²) < 4.78 is 100. The summed E-state index contributed by atoms with van der Waals surface area (Å²) in [7, 11) is -14.8. The van der Waals surface area contributed by atoms with Gasteiger partial charge in [0, 0.05) is 17.8 Å². The van der Waals surface area contributed by atoms with Gasteiger partial charge in [-0.05, 0) is 89.8 Å². The van der Waals surface area contributed by atoms with Gasteiger partial charge in [0.05, 0.1) is 59.2 Å². The first kappa shape index (κ1) is 41.4. The van der Waals surface area contributed by atoms with E-state index in [2.05, 4.69) is 30.7 Å². The maximum absolute atomic E-state index is 13.2. The molecule has 6 rings (SSSR count). The smallest absolute Gasteiger partial charge is 0.269 e. The normalized spacial score (nSPS) is 12.6. The second kappa shape index (κ2) is 15.9. The Balaban J connectivity index is 1.29. The van der Waals surface area contributed by atoms with Crippen molar-refractivity contribution in [2.24, 2.45) is 30.7 Å². The zero-order valence-corrected chi connectivity index (χ0v) is 32.1. The summed E-state index contributed by atoms with van der Waals surface area (Å²) >= 11 is 0. The number of rotatable bonds is 12. The Morgan fingerprint density at radius 1 is 0.610 bits per heavy atom. The number of nitrogens with zero attached hydrogens (tertiary/aromatic N) is 7. The first-order chi connectivity index (χ1) is 27.7. The number of nitrogen functional groups attached to an aromatic ring is 3. The van der Waals surface area contributed by atoms with E-state index in [9.17, 15) is 49.6 Å². The summed E-state index contributed by atoms with van der Waals surface area (Å²) in [4.78, 5) is 7.88. The van der Waals surface area contributed by atoms with Crippen molar-refractivity contribution in [3.05, 3.63) is 119 Å². The van der Waals surface area contributed by atoms with E-state index < -0.39 is 84.1 Å². The number of azo groups is 3. The van der Waals surface area contributed by atoms with Crippen LogP contribution in [0.3, 0.4) is 0 Å². The first-order valence-corrected chi connectivity index (χ1v) is 20.8. The molecule has 0 aliphatic rings. The van der Waals surface area contributed by atoms with Crippen LogP contribution in [0.1, 0.15) is 5.56 Å². The molecule has 0 radical (unpaired) electrons. The van der Waals surface area contributed by atoms with E-state index in [1.807, 2.05) is 0 Å². The predicted octanol–water partition coefficient (Wildman–Crippen LogP) is 7.23. The number of benzene rings is 6. The standard InChI is InChI=1S/C35H28N10O11S3/c36-21-3-14-28(27(37)17-21)42-39-22-4-1-19(2-5-22)18-57(49,50)26-12-8-24(9-13-26)41-44-34-30(59(54,55)56)16-20-15-29(58(51,52)53)33(32(38)31(20)35(34)46)43-40-23-6-10-25(11-7-23)45(47)48/h1-17,46H,18,36-38H2,(H,51,52,53)(H,54,55,56)/p-2. The molecule has 6 aromatic rings. The number of nitro groups is 1. The van der Waals surface area contributed by atoms with Gasteiger partial charge in [-0.25, -0.2) is 25.3 Å². The van der Waals surface area contributed by atoms with Gasteiger partial charge in [-0.1, -0.05) is 12.1 Å². The fraction of sp³-hybridized carbons (Fsp3) is 0.0286. The van der Waals surface area contributed by atoms with E-state index in [0.717, 1.165) is 24.3 Å². The average molecular weight is 859 g/mol. The molecular formula is C35H26N10O11S3-2. The number of hydrogen-bond acceptors (Lipinski definition) is 20. The van der Waals surface area contributed by atoms with Crippen LogP contribution in [0.5, 0.6) is 5.75 Å². The molecule has 0 aliphatic carbocycles. The monoisotopic (exact) mass is 858 g/mol. The van der Waals surface area contributed by atoms with Crippen molar-refractivity contribution < 1.29 is 44.4 Å². The third-order valence-electron chi connectivity index (χ3n) is 8.26. The van der Waals surface area contributed by atoms with E-state index >= 15 is 0 Å². The highest BCUT2D eigenvalue weighted by molar-refractivity contribution is 7.90. The number of nitro benzene ring substituents is 1. The van der Waals surface area contributed by atoms with Crippen LogP contribution in [0.2, 0.25) is 0 Å². The minimum Gasteiger partial charge on any atom is -0.744 e. The molecule has 59 heavy (non-hydrogen) atoms. The van der Waals surface area contributed by atoms with Crippen molar-refractivity contribution >= 4 is 97.7 Å². The molecule has 0 saturated carbocycles. The molecule has 0 heterocycles. The van der Waals surface area contributed by atoms with Crippen LogP contribution in [0.15, 0.2) is 149 Å². The number of anilines is 3. The Hall–Kier alpha value is -7.25. The second-order valence-corrected chi connectivity index (χ2v) is 17.0. The Labute approximate surface area is 333 Å². The third-order valence-corrected chi connectivity index (χ3v) is 11.7. The molecule has 0 saturated heterocycles. The summed E-state index contributed by atoms with van der Waals surface area (Å²) in [6.45, 7) is 0. The molecule has 0 fully saturated rings. The van der Waals surface area contributed by atoms with Crippen LogP contribution in [0.25, 0.3) is 10.8 Å². The maximum Gasteiger partial charge on any atom is 0.269 e. The number of nitrogens with two attached hydrogens (primary N) is 3. The van der Waals surface area contributed by atoms with Crippen molar-refractivity contribution in [1.29, 1.82) is 0 Å². The number of aromatic hydroxyl groups is 1. The molecule has 7 N–H and O–H groups in total. The molecule has 6 aromatic carbocycles. The lowest BCUT2D eigenvalue weighted by atomic mass is 10.1. The minimum absolute atomic E-state index is 0.0369. The van der Waals surface area contributed by atoms with Crippen LogP contribution in [0, 0.1) is 10.1 Å². The molecule has 0 spiro atoms. The third kappa shape index (κ3) is 9.32. The minimum atomic E-state index is -5.48. The van der Waals surface area contributed by atoms with Crippen molar-refractivity contribution in [3.63, 3.8) is 0 Å². The van der Waals surface area contributed by atoms with Crippen LogP contribution in [-0.4, -0.2) is 44.4 Å². The van der Waals surface area contributed by atoms with Gasteiger partial charge in [-0.3, -0.25) is 10.1 Å². The van der Waals surface area contributed by atoms with E-state index in [0.29, 0.717) is 40.4 Å². The highest BCUT2D eigenvalue weighted by Gasteiger charge is 2.24. The molecule has 21 nitrogen and oxygen atoms in total. The van der Waals surface area contributed by atoms with Gasteiger partial charge in [-0.15, -0.1) is 15.3 Å². The van der Waals surface area contributed by atoms with Gasteiger partial charge >= 0.3 is 0 Å². The Morgan fingerprint density at radius 3 is 1.63 bits per heavy atom. The molecule has 0 atom stereocenters. The average Bonchev–Trinajstić information content (AvgIpc) is 3.16. The summed E-state index contributed by atoms with van der Waals surface area (Å²) in [5.41, 5.74) is 17.0. The summed E-state index contributed by atoms with van der Waals surface area (Å²) in [5.74, 6) is -1.49. The number of phenolic OH excluding ortho intramolecular Hbond substituents is 1. The van der Waals surface area contributed by atoms with Crippen molar-refractivity contribution in [1.82, 2.24) is 0 Å². The predicted molar refractivity (Wildman–Crippen MR) is 211 cm³/mol. The van der Waals surface area contributed by atoms with Gasteiger partial charge in [-0.2, -0.15) is 15.3 Å². The van der Waals surface area contributed by atoms with Gasteiger partial charge in [0.1, 0.15) is 37.3 Å². The van der Waals surface area contributed by atoms with Gasteiger partial charge < -0.3 is 31.4 Å². The van der Waals surface area contributed by atoms with Gasteiger partial charge in [0.15, 0.2) is 15.6 Å². The number of hydrogen-bond donors (Lipinski definition) is 4. The molecule has 302 valence electrons. The SMILES string of the molecule is Nc1ccc(N=Nc2ccc(CS(=O)(=O)c3ccc(N=Nc4c(S(=O)(=O)[O-])cc5cc(S(=O)(=O)[O-])c(N=Nc6ccc([N+](=O)[O-])cc6)c(N)c5c4O)cc3)cc2)c(N)c1. The lowest BCUT2D eigenvalue weighted by Gasteiger charge is -2.18. The maximum atomic E-state index is 13.2. The topological polar surface area (TPSA) is 364 Å². The van der Waals surface area contributed by atoms with Crippen LogP contribution >= 0.6 is 0 Å². The number of sulfone groups is 1. The van der Waals surface area contributed by atoms with E-state index in [1.54, 1.807) is 36.4 Å². The number of non-ortho nitro benzene ring substituents is 1. The summed E-state index contributed by atoms with van der Waals surface area (Å²) in [6, 6.07) is 21.5. The molecule has 24 heteroatoms. The zero-order valence-electron chi connectivity index (χ0n) is 29.6. The van der Waals surface area contributed by atoms with Gasteiger partial charge in [0.25, 0.3) is 5.69 Å². The Kier molecular flexibility index (Phi) is 11.2. The highest BCUT2D eigenvalue weighted by Crippen LogP contribution is 2.48. The quantitative estimate of drug-likeness (QED) is 0.0310. The molecule has 0 aliphatic heterocycles. The Bertz CT molecular complexity index is 3090. The highest BCUT2D eigenvalue weighted by atomic mass is 32.2. The molecule has 0 unspecified atom stereocenters. The number of phenols is 1. The van der Waals surface area contributed by atoms with Crippen molar-refractivity contribution in [3.8, 4) is 5.75 Å². The van der Waals surface area contributed by atoms with Gasteiger partial charge in [0.2, 0.25) is 0 Å². The van der Waals surface area contributed by atoms with Crippen LogP contribution in [0.4, 0.5) is 56.9 Å². The van der Waals surface area contributed by atoms with Crippen LogP contribution in [-0.2, 0) is 35.8 Å². The second-order valence-electron chi connectivity index (χ2n) is 12.3.